The van der Waals surface area contributed by atoms with E-state index in [1.165, 1.54) is 0 Å². The van der Waals surface area contributed by atoms with Crippen LogP contribution < -0.4 is 4.90 Å². The fourth-order valence-electron chi connectivity index (χ4n) is 2.16. The van der Waals surface area contributed by atoms with Gasteiger partial charge in [-0.3, -0.25) is 0 Å². The van der Waals surface area contributed by atoms with E-state index >= 15 is 0 Å². The zero-order valence-corrected chi connectivity index (χ0v) is 12.0. The smallest absolute Gasteiger partial charge is 0.224 e. The highest BCUT2D eigenvalue weighted by molar-refractivity contribution is 6.28. The molecule has 3 aromatic rings. The summed E-state index contributed by atoms with van der Waals surface area (Å²) in [6, 6.07) is 7.84. The number of aryl methyl sites for hydroxylation is 1. The lowest BCUT2D eigenvalue weighted by molar-refractivity contribution is 0.756. The Morgan fingerprint density at radius 3 is 2.80 bits per heavy atom. The van der Waals surface area contributed by atoms with Gasteiger partial charge in [-0.15, -0.1) is 0 Å². The summed E-state index contributed by atoms with van der Waals surface area (Å²) in [5.74, 6) is 1.77. The summed E-state index contributed by atoms with van der Waals surface area (Å²) < 4.78 is 1.99. The molecule has 0 aliphatic heterocycles. The molecule has 0 spiro atoms. The van der Waals surface area contributed by atoms with Gasteiger partial charge >= 0.3 is 0 Å². The van der Waals surface area contributed by atoms with Gasteiger partial charge in [0.05, 0.1) is 12.1 Å². The van der Waals surface area contributed by atoms with Crippen molar-refractivity contribution in [1.29, 1.82) is 0 Å². The number of para-hydroxylation sites is 1. The number of halogens is 1. The van der Waals surface area contributed by atoms with E-state index in [-0.39, 0.29) is 5.28 Å². The number of fused-ring (bicyclic) bond motifs is 1. The maximum absolute atomic E-state index is 6.01. The Morgan fingerprint density at radius 2 is 2.05 bits per heavy atom. The summed E-state index contributed by atoms with van der Waals surface area (Å²) in [5, 5.41) is 1.24. The van der Waals surface area contributed by atoms with Gasteiger partial charge < -0.3 is 9.47 Å². The van der Waals surface area contributed by atoms with Crippen LogP contribution >= 0.6 is 11.6 Å². The normalized spacial score (nSPS) is 10.9. The second kappa shape index (κ2) is 5.09. The largest absolute Gasteiger partial charge is 0.352 e. The van der Waals surface area contributed by atoms with Crippen LogP contribution in [-0.2, 0) is 13.6 Å². The summed E-state index contributed by atoms with van der Waals surface area (Å²) in [6.45, 7) is 0.654. The molecule has 3 rings (SSSR count). The third-order valence-electron chi connectivity index (χ3n) is 3.22. The predicted molar refractivity (Wildman–Crippen MR) is 79.9 cm³/mol. The van der Waals surface area contributed by atoms with Gasteiger partial charge in [0, 0.05) is 31.9 Å². The summed E-state index contributed by atoms with van der Waals surface area (Å²) in [5.41, 5.74) is 0.842. The van der Waals surface area contributed by atoms with E-state index in [1.807, 2.05) is 54.0 Å². The third-order valence-corrected chi connectivity index (χ3v) is 3.39. The maximum atomic E-state index is 6.01. The number of hydrogen-bond acceptors (Lipinski definition) is 4. The van der Waals surface area contributed by atoms with Crippen LogP contribution in [0.2, 0.25) is 5.28 Å². The molecule has 102 valence electrons. The summed E-state index contributed by atoms with van der Waals surface area (Å²) >= 11 is 6.01. The average Bonchev–Trinajstić information content (AvgIpc) is 2.83. The number of rotatable bonds is 3. The highest BCUT2D eigenvalue weighted by Gasteiger charge is 2.12. The first-order chi connectivity index (χ1) is 9.65. The van der Waals surface area contributed by atoms with E-state index in [0.29, 0.717) is 6.54 Å². The maximum Gasteiger partial charge on any atom is 0.224 e. The molecule has 1 aromatic carbocycles. The van der Waals surface area contributed by atoms with Crippen LogP contribution in [0.1, 0.15) is 5.82 Å². The summed E-state index contributed by atoms with van der Waals surface area (Å²) in [4.78, 5) is 14.9. The standard InChI is InChI=1S/C14H14ClN5/c1-19-8-7-16-12(19)9-20(2)13-10-5-3-4-6-11(10)17-14(15)18-13/h3-8H,9H2,1-2H3. The molecule has 0 radical (unpaired) electrons. The van der Waals surface area contributed by atoms with Crippen LogP contribution in [0.3, 0.4) is 0 Å². The number of imidazole rings is 1. The van der Waals surface area contributed by atoms with Crippen molar-refractivity contribution in [2.24, 2.45) is 7.05 Å². The number of benzene rings is 1. The Hall–Kier alpha value is -2.14. The Labute approximate surface area is 121 Å². The molecule has 2 aromatic heterocycles. The minimum absolute atomic E-state index is 0.255. The molecule has 20 heavy (non-hydrogen) atoms. The molecule has 2 heterocycles. The van der Waals surface area contributed by atoms with E-state index < -0.39 is 0 Å². The van der Waals surface area contributed by atoms with E-state index in [0.717, 1.165) is 22.5 Å². The fraction of sp³-hybridized carbons (Fsp3) is 0.214. The van der Waals surface area contributed by atoms with Crippen molar-refractivity contribution in [3.8, 4) is 0 Å². The van der Waals surface area contributed by atoms with Gasteiger partial charge in [0.1, 0.15) is 11.6 Å². The quantitative estimate of drug-likeness (QED) is 0.695. The fourth-order valence-corrected chi connectivity index (χ4v) is 2.33. The first kappa shape index (κ1) is 12.9. The Morgan fingerprint density at radius 1 is 1.25 bits per heavy atom. The Bertz CT molecular complexity index is 752. The molecule has 0 unspecified atom stereocenters. The predicted octanol–water partition coefficient (Wildman–Crippen LogP) is 2.65. The number of nitrogens with zero attached hydrogens (tertiary/aromatic N) is 5. The van der Waals surface area contributed by atoms with Crippen molar-refractivity contribution in [1.82, 2.24) is 19.5 Å². The SMILES string of the molecule is CN(Cc1nccn1C)c1nc(Cl)nc2ccccc12. The molecule has 0 saturated heterocycles. The Balaban J connectivity index is 2.03. The number of hydrogen-bond donors (Lipinski definition) is 0. The Kier molecular flexibility index (Phi) is 3.28. The molecular weight excluding hydrogens is 274 g/mol. The molecule has 0 atom stereocenters. The highest BCUT2D eigenvalue weighted by Crippen LogP contribution is 2.25. The van der Waals surface area contributed by atoms with Gasteiger partial charge in [0.2, 0.25) is 5.28 Å². The van der Waals surface area contributed by atoms with E-state index in [9.17, 15) is 0 Å². The highest BCUT2D eigenvalue weighted by atomic mass is 35.5. The van der Waals surface area contributed by atoms with E-state index in [1.54, 1.807) is 6.20 Å². The zero-order chi connectivity index (χ0) is 14.1. The van der Waals surface area contributed by atoms with Gasteiger partial charge in [-0.05, 0) is 23.7 Å². The monoisotopic (exact) mass is 287 g/mol. The van der Waals surface area contributed by atoms with Crippen molar-refractivity contribution in [3.63, 3.8) is 0 Å². The molecule has 0 aliphatic rings. The summed E-state index contributed by atoms with van der Waals surface area (Å²) in [7, 11) is 3.95. The van der Waals surface area contributed by atoms with Crippen molar-refractivity contribution in [2.45, 2.75) is 6.54 Å². The molecular formula is C14H14ClN5. The van der Waals surface area contributed by atoms with E-state index in [4.69, 9.17) is 11.6 Å². The first-order valence-corrected chi connectivity index (χ1v) is 6.62. The van der Waals surface area contributed by atoms with Crippen LogP contribution in [0.5, 0.6) is 0 Å². The lowest BCUT2D eigenvalue weighted by Crippen LogP contribution is -2.20. The topological polar surface area (TPSA) is 46.8 Å². The molecule has 0 bridgehead atoms. The molecule has 6 heteroatoms. The third kappa shape index (κ3) is 2.32. The van der Waals surface area contributed by atoms with Crippen LogP contribution in [0, 0.1) is 0 Å². The zero-order valence-electron chi connectivity index (χ0n) is 11.3. The van der Waals surface area contributed by atoms with Crippen molar-refractivity contribution in [2.75, 3.05) is 11.9 Å². The van der Waals surface area contributed by atoms with E-state index in [2.05, 4.69) is 15.0 Å². The average molecular weight is 288 g/mol. The lowest BCUT2D eigenvalue weighted by Gasteiger charge is -2.19. The van der Waals surface area contributed by atoms with Crippen LogP contribution in [0.4, 0.5) is 5.82 Å². The van der Waals surface area contributed by atoms with Crippen molar-refractivity contribution in [3.05, 3.63) is 47.8 Å². The second-order valence-corrected chi connectivity index (χ2v) is 4.98. The molecule has 5 nitrogen and oxygen atoms in total. The van der Waals surface area contributed by atoms with Gasteiger partial charge in [0.15, 0.2) is 0 Å². The van der Waals surface area contributed by atoms with Gasteiger partial charge in [0.25, 0.3) is 0 Å². The van der Waals surface area contributed by atoms with Gasteiger partial charge in [-0.1, -0.05) is 12.1 Å². The van der Waals surface area contributed by atoms with Crippen molar-refractivity contribution >= 4 is 28.3 Å². The van der Waals surface area contributed by atoms with Gasteiger partial charge in [-0.2, -0.15) is 4.98 Å². The first-order valence-electron chi connectivity index (χ1n) is 6.25. The number of anilines is 1. The van der Waals surface area contributed by atoms with Crippen LogP contribution in [0.25, 0.3) is 10.9 Å². The van der Waals surface area contributed by atoms with Crippen molar-refractivity contribution < 1.29 is 0 Å². The molecule has 0 amide bonds. The number of aromatic nitrogens is 4. The molecule has 0 aliphatic carbocycles. The molecule has 0 saturated carbocycles. The minimum Gasteiger partial charge on any atom is -0.352 e. The lowest BCUT2D eigenvalue weighted by atomic mass is 10.2. The summed E-state index contributed by atoms with van der Waals surface area (Å²) in [6.07, 6.45) is 3.71. The molecule has 0 N–H and O–H groups in total. The minimum atomic E-state index is 0.255. The van der Waals surface area contributed by atoms with Crippen LogP contribution in [-0.4, -0.2) is 26.6 Å². The van der Waals surface area contributed by atoms with Gasteiger partial charge in [-0.25, -0.2) is 9.97 Å². The second-order valence-electron chi connectivity index (χ2n) is 4.64. The molecule has 0 fully saturated rings. The van der Waals surface area contributed by atoms with Crippen LogP contribution in [0.15, 0.2) is 36.7 Å².